The summed E-state index contributed by atoms with van der Waals surface area (Å²) >= 11 is 0. The quantitative estimate of drug-likeness (QED) is 0.483. The molecule has 0 fully saturated rings. The molecule has 0 saturated carbocycles. The van der Waals surface area contributed by atoms with Gasteiger partial charge in [-0.1, -0.05) is 24.3 Å². The number of nitrogens with one attached hydrogen (secondary N) is 1. The minimum Gasteiger partial charge on any atom is -0.457 e. The number of hydrogen-bond donors (Lipinski definition) is 2. The lowest BCUT2D eigenvalue weighted by Gasteiger charge is -2.13. The highest BCUT2D eigenvalue weighted by Gasteiger charge is 2.34. The lowest BCUT2D eigenvalue weighted by molar-refractivity contribution is -0.138. The van der Waals surface area contributed by atoms with Crippen molar-refractivity contribution in [2.45, 2.75) is 12.7 Å². The average Bonchev–Trinajstić information content (AvgIpc) is 2.67. The summed E-state index contributed by atoms with van der Waals surface area (Å²) in [6.45, 7) is 0.120. The number of para-hydroxylation sites is 1. The van der Waals surface area contributed by atoms with E-state index in [2.05, 4.69) is 10.3 Å². The first-order chi connectivity index (χ1) is 13.7. The number of benzene rings is 2. The van der Waals surface area contributed by atoms with Crippen LogP contribution in [-0.2, 0) is 12.7 Å². The molecule has 3 aromatic rings. The van der Waals surface area contributed by atoms with Crippen molar-refractivity contribution >= 4 is 11.7 Å². The van der Waals surface area contributed by atoms with Crippen molar-refractivity contribution < 1.29 is 27.1 Å². The van der Waals surface area contributed by atoms with Crippen LogP contribution in [0, 0.1) is 5.95 Å². The van der Waals surface area contributed by atoms with E-state index in [0.717, 1.165) is 12.1 Å². The Labute approximate surface area is 163 Å². The molecule has 0 radical (unpaired) electrons. The molecule has 5 nitrogen and oxygen atoms in total. The summed E-state index contributed by atoms with van der Waals surface area (Å²) in [5, 5.41) is 2.60. The standard InChI is InChI=1S/C20H15F4N3O2/c21-17-10-9-14(18(25)27-17)19(28)26-11-12-5-7-13(8-6-12)29-16-4-2-1-3-15(16)20(22,23)24/h1-10H,11H2,(H2,25,27)(H,26,28). The Morgan fingerprint density at radius 3 is 2.38 bits per heavy atom. The highest BCUT2D eigenvalue weighted by molar-refractivity contribution is 5.98. The molecule has 1 heterocycles. The predicted molar refractivity (Wildman–Crippen MR) is 97.7 cm³/mol. The molecule has 9 heteroatoms. The van der Waals surface area contributed by atoms with E-state index in [-0.39, 0.29) is 29.4 Å². The Balaban J connectivity index is 1.65. The first-order valence-corrected chi connectivity index (χ1v) is 8.37. The summed E-state index contributed by atoms with van der Waals surface area (Å²) in [7, 11) is 0. The fourth-order valence-electron chi connectivity index (χ4n) is 2.51. The van der Waals surface area contributed by atoms with Crippen molar-refractivity contribution in [2.75, 3.05) is 5.73 Å². The van der Waals surface area contributed by atoms with E-state index < -0.39 is 23.6 Å². The Morgan fingerprint density at radius 2 is 1.72 bits per heavy atom. The van der Waals surface area contributed by atoms with Crippen molar-refractivity contribution in [2.24, 2.45) is 0 Å². The zero-order chi connectivity index (χ0) is 21.0. The topological polar surface area (TPSA) is 77.2 Å². The number of hydrogen-bond acceptors (Lipinski definition) is 4. The van der Waals surface area contributed by atoms with E-state index in [1.807, 2.05) is 0 Å². The number of pyridine rings is 1. The van der Waals surface area contributed by atoms with Crippen LogP contribution in [0.1, 0.15) is 21.5 Å². The summed E-state index contributed by atoms with van der Waals surface area (Å²) in [6.07, 6.45) is -4.53. The number of carbonyl (C=O) groups excluding carboxylic acids is 1. The van der Waals surface area contributed by atoms with Crippen molar-refractivity contribution in [3.05, 3.63) is 83.3 Å². The maximum Gasteiger partial charge on any atom is 0.419 e. The Kier molecular flexibility index (Phi) is 5.67. The number of nitrogens with zero attached hydrogens (tertiary/aromatic N) is 1. The molecule has 0 atom stereocenters. The van der Waals surface area contributed by atoms with E-state index >= 15 is 0 Å². The molecule has 29 heavy (non-hydrogen) atoms. The highest BCUT2D eigenvalue weighted by Crippen LogP contribution is 2.37. The van der Waals surface area contributed by atoms with Gasteiger partial charge < -0.3 is 15.8 Å². The van der Waals surface area contributed by atoms with E-state index in [4.69, 9.17) is 10.5 Å². The molecule has 0 aliphatic carbocycles. The summed E-state index contributed by atoms with van der Waals surface area (Å²) in [6, 6.07) is 13.3. The first kappa shape index (κ1) is 20.1. The van der Waals surface area contributed by atoms with Gasteiger partial charge in [0.2, 0.25) is 5.95 Å². The smallest absolute Gasteiger partial charge is 0.419 e. The number of carbonyl (C=O) groups is 1. The summed E-state index contributed by atoms with van der Waals surface area (Å²) in [4.78, 5) is 15.5. The van der Waals surface area contributed by atoms with Gasteiger partial charge in [-0.15, -0.1) is 0 Å². The lowest BCUT2D eigenvalue weighted by atomic mass is 10.2. The van der Waals surface area contributed by atoms with E-state index in [9.17, 15) is 22.4 Å². The fourth-order valence-corrected chi connectivity index (χ4v) is 2.51. The van der Waals surface area contributed by atoms with Gasteiger partial charge in [0.05, 0.1) is 11.1 Å². The molecule has 0 saturated heterocycles. The van der Waals surface area contributed by atoms with Crippen LogP contribution in [0.5, 0.6) is 11.5 Å². The predicted octanol–water partition coefficient (Wildman–Crippen LogP) is 4.54. The zero-order valence-corrected chi connectivity index (χ0v) is 14.8. The Bertz CT molecular complexity index is 1020. The highest BCUT2D eigenvalue weighted by atomic mass is 19.4. The van der Waals surface area contributed by atoms with Crippen LogP contribution >= 0.6 is 0 Å². The number of amides is 1. The summed E-state index contributed by atoms with van der Waals surface area (Å²) in [5.74, 6) is -1.64. The second-order valence-electron chi connectivity index (χ2n) is 5.99. The normalized spacial score (nSPS) is 11.2. The molecule has 3 N–H and O–H groups in total. The molecule has 0 bridgehead atoms. The number of anilines is 1. The third kappa shape index (κ3) is 5.01. The Morgan fingerprint density at radius 1 is 1.03 bits per heavy atom. The molecule has 0 unspecified atom stereocenters. The SMILES string of the molecule is Nc1nc(F)ccc1C(=O)NCc1ccc(Oc2ccccc2C(F)(F)F)cc1. The largest absolute Gasteiger partial charge is 0.457 e. The number of alkyl halides is 3. The van der Waals surface area contributed by atoms with Crippen LogP contribution in [0.2, 0.25) is 0 Å². The van der Waals surface area contributed by atoms with Crippen LogP contribution in [0.25, 0.3) is 0 Å². The van der Waals surface area contributed by atoms with Crippen molar-refractivity contribution in [1.29, 1.82) is 0 Å². The lowest BCUT2D eigenvalue weighted by Crippen LogP contribution is -2.24. The van der Waals surface area contributed by atoms with E-state index in [1.54, 1.807) is 12.1 Å². The molecule has 0 aliphatic heterocycles. The number of aromatic nitrogens is 1. The molecule has 0 aliphatic rings. The molecule has 2 aromatic carbocycles. The van der Waals surface area contributed by atoms with Crippen LogP contribution in [0.3, 0.4) is 0 Å². The van der Waals surface area contributed by atoms with Gasteiger partial charge in [0.15, 0.2) is 0 Å². The molecule has 1 aromatic heterocycles. The summed E-state index contributed by atoms with van der Waals surface area (Å²) < 4.78 is 57.4. The van der Waals surface area contributed by atoms with E-state index in [1.165, 1.54) is 36.4 Å². The molecule has 3 rings (SSSR count). The van der Waals surface area contributed by atoms with Gasteiger partial charge in [0.25, 0.3) is 5.91 Å². The van der Waals surface area contributed by atoms with Gasteiger partial charge >= 0.3 is 6.18 Å². The van der Waals surface area contributed by atoms with Crippen molar-refractivity contribution in [3.8, 4) is 11.5 Å². The Hall–Kier alpha value is -3.62. The van der Waals surface area contributed by atoms with Gasteiger partial charge in [0, 0.05) is 6.54 Å². The van der Waals surface area contributed by atoms with Gasteiger partial charge in [0.1, 0.15) is 17.3 Å². The zero-order valence-electron chi connectivity index (χ0n) is 14.8. The monoisotopic (exact) mass is 405 g/mol. The van der Waals surface area contributed by atoms with Crippen LogP contribution in [0.15, 0.2) is 60.7 Å². The van der Waals surface area contributed by atoms with Crippen molar-refractivity contribution in [3.63, 3.8) is 0 Å². The number of nitrogens with two attached hydrogens (primary N) is 1. The number of rotatable bonds is 5. The number of ether oxygens (including phenoxy) is 1. The second-order valence-corrected chi connectivity index (χ2v) is 5.99. The average molecular weight is 405 g/mol. The van der Waals surface area contributed by atoms with Gasteiger partial charge in [-0.2, -0.15) is 17.6 Å². The molecule has 0 spiro atoms. The van der Waals surface area contributed by atoms with E-state index in [0.29, 0.717) is 5.56 Å². The third-order valence-corrected chi connectivity index (χ3v) is 3.93. The summed E-state index contributed by atoms with van der Waals surface area (Å²) in [5.41, 5.74) is 5.35. The molecular weight excluding hydrogens is 390 g/mol. The maximum absolute atomic E-state index is 13.0. The molecule has 1 amide bonds. The van der Waals surface area contributed by atoms with Crippen LogP contribution in [0.4, 0.5) is 23.4 Å². The number of halogens is 4. The van der Waals surface area contributed by atoms with Gasteiger partial charge in [-0.3, -0.25) is 4.79 Å². The minimum atomic E-state index is -4.53. The van der Waals surface area contributed by atoms with Gasteiger partial charge in [-0.05, 0) is 42.0 Å². The number of nitrogen functional groups attached to an aromatic ring is 1. The van der Waals surface area contributed by atoms with Gasteiger partial charge in [-0.25, -0.2) is 4.98 Å². The first-order valence-electron chi connectivity index (χ1n) is 8.37. The fraction of sp³-hybridized carbons (Fsp3) is 0.100. The molecular formula is C20H15F4N3O2. The third-order valence-electron chi connectivity index (χ3n) is 3.93. The second kappa shape index (κ2) is 8.17. The van der Waals surface area contributed by atoms with Crippen molar-refractivity contribution in [1.82, 2.24) is 10.3 Å². The minimum absolute atomic E-state index is 0.0371. The van der Waals surface area contributed by atoms with Crippen LogP contribution < -0.4 is 15.8 Å². The molecule has 150 valence electrons. The van der Waals surface area contributed by atoms with Crippen LogP contribution in [-0.4, -0.2) is 10.9 Å². The maximum atomic E-state index is 13.0.